The average Bonchev–Trinajstić information content (AvgIpc) is 3.16. The molecule has 0 unspecified atom stereocenters. The molecule has 5 rings (SSSR count). The van der Waals surface area contributed by atoms with Gasteiger partial charge in [0.1, 0.15) is 11.6 Å². The van der Waals surface area contributed by atoms with Gasteiger partial charge < -0.3 is 15.4 Å². The Bertz CT molecular complexity index is 1190. The van der Waals surface area contributed by atoms with Gasteiger partial charge in [0, 0.05) is 41.3 Å². The fourth-order valence-corrected chi connectivity index (χ4v) is 3.69. The molecule has 1 aliphatic heterocycles. The Hall–Kier alpha value is -2.80. The maximum absolute atomic E-state index is 5.98. The third kappa shape index (κ3) is 4.46. The molecule has 0 atom stereocenters. The van der Waals surface area contributed by atoms with Crippen LogP contribution >= 0.6 is 37.2 Å². The van der Waals surface area contributed by atoms with E-state index in [1.54, 1.807) is 19.5 Å². The van der Waals surface area contributed by atoms with Gasteiger partial charge in [0.05, 0.1) is 12.6 Å². The van der Waals surface area contributed by atoms with E-state index in [4.69, 9.17) is 20.4 Å². The number of rotatable bonds is 3. The molecule has 31 heavy (non-hydrogen) atoms. The SMILES string of the molecule is COc1ccc2nc(-c3cccnc3)nc(N3CCc4cc(N)ccc43)c2c1.Cl.Cl.Cl. The first-order chi connectivity index (χ1) is 13.7. The monoisotopic (exact) mass is 477 g/mol. The number of hydrogen-bond donors (Lipinski definition) is 1. The van der Waals surface area contributed by atoms with Gasteiger partial charge in [0.25, 0.3) is 0 Å². The van der Waals surface area contributed by atoms with Crippen molar-refractivity contribution in [1.29, 1.82) is 0 Å². The van der Waals surface area contributed by atoms with Crippen LogP contribution in [-0.2, 0) is 6.42 Å². The van der Waals surface area contributed by atoms with Crippen molar-refractivity contribution in [2.45, 2.75) is 6.42 Å². The van der Waals surface area contributed by atoms with Crippen molar-refractivity contribution < 1.29 is 4.74 Å². The topological polar surface area (TPSA) is 77.2 Å². The van der Waals surface area contributed by atoms with E-state index in [1.165, 1.54) is 5.56 Å². The van der Waals surface area contributed by atoms with Crippen molar-refractivity contribution in [3.63, 3.8) is 0 Å². The highest BCUT2D eigenvalue weighted by Gasteiger charge is 2.24. The predicted molar refractivity (Wildman–Crippen MR) is 133 cm³/mol. The highest BCUT2D eigenvalue weighted by Crippen LogP contribution is 2.39. The van der Waals surface area contributed by atoms with Crippen LogP contribution in [-0.4, -0.2) is 28.6 Å². The first kappa shape index (κ1) is 24.5. The Morgan fingerprint density at radius 2 is 1.84 bits per heavy atom. The number of ether oxygens (including phenoxy) is 1. The molecule has 3 heterocycles. The van der Waals surface area contributed by atoms with Gasteiger partial charge in [-0.3, -0.25) is 4.98 Å². The molecular weight excluding hydrogens is 457 g/mol. The van der Waals surface area contributed by atoms with Crippen molar-refractivity contribution in [2.24, 2.45) is 0 Å². The van der Waals surface area contributed by atoms with Crippen LogP contribution in [0.25, 0.3) is 22.3 Å². The van der Waals surface area contributed by atoms with Gasteiger partial charge in [0.2, 0.25) is 0 Å². The molecule has 0 spiro atoms. The highest BCUT2D eigenvalue weighted by molar-refractivity contribution is 5.95. The van der Waals surface area contributed by atoms with Crippen LogP contribution in [0.1, 0.15) is 5.56 Å². The smallest absolute Gasteiger partial charge is 0.163 e. The normalized spacial score (nSPS) is 11.7. The molecule has 0 fully saturated rings. The van der Waals surface area contributed by atoms with Crippen LogP contribution in [0.5, 0.6) is 5.75 Å². The summed E-state index contributed by atoms with van der Waals surface area (Å²) in [6, 6.07) is 15.8. The summed E-state index contributed by atoms with van der Waals surface area (Å²) in [5.41, 5.74) is 10.9. The molecule has 2 N–H and O–H groups in total. The summed E-state index contributed by atoms with van der Waals surface area (Å²) in [4.78, 5) is 16.2. The molecule has 4 aromatic rings. The van der Waals surface area contributed by atoms with Gasteiger partial charge >= 0.3 is 0 Å². The lowest BCUT2D eigenvalue weighted by Crippen LogP contribution is -2.16. The number of benzene rings is 2. The van der Waals surface area contributed by atoms with Gasteiger partial charge in [-0.2, -0.15) is 0 Å². The largest absolute Gasteiger partial charge is 0.497 e. The molecule has 1 aliphatic rings. The molecule has 0 saturated carbocycles. The van der Waals surface area contributed by atoms with E-state index in [0.717, 1.165) is 52.4 Å². The van der Waals surface area contributed by atoms with Gasteiger partial charge in [-0.05, 0) is 60.5 Å². The third-order valence-electron chi connectivity index (χ3n) is 5.06. The summed E-state index contributed by atoms with van der Waals surface area (Å²) < 4.78 is 5.44. The highest BCUT2D eigenvalue weighted by atomic mass is 35.5. The van der Waals surface area contributed by atoms with Crippen molar-refractivity contribution in [1.82, 2.24) is 15.0 Å². The molecule has 0 bridgehead atoms. The molecule has 0 aliphatic carbocycles. The number of fused-ring (bicyclic) bond motifs is 2. The van der Waals surface area contributed by atoms with E-state index >= 15 is 0 Å². The van der Waals surface area contributed by atoms with Crippen LogP contribution in [0.15, 0.2) is 60.9 Å². The lowest BCUT2D eigenvalue weighted by atomic mass is 10.1. The zero-order valence-corrected chi connectivity index (χ0v) is 19.1. The van der Waals surface area contributed by atoms with Crippen LogP contribution in [0.4, 0.5) is 17.2 Å². The van der Waals surface area contributed by atoms with E-state index in [9.17, 15) is 0 Å². The van der Waals surface area contributed by atoms with Crippen molar-refractivity contribution in [2.75, 3.05) is 24.3 Å². The van der Waals surface area contributed by atoms with E-state index < -0.39 is 0 Å². The number of aromatic nitrogens is 3. The third-order valence-corrected chi connectivity index (χ3v) is 5.06. The molecule has 2 aromatic carbocycles. The summed E-state index contributed by atoms with van der Waals surface area (Å²) >= 11 is 0. The molecule has 6 nitrogen and oxygen atoms in total. The minimum absolute atomic E-state index is 0. The second kappa shape index (κ2) is 10.0. The maximum atomic E-state index is 5.98. The summed E-state index contributed by atoms with van der Waals surface area (Å²) in [5, 5.41) is 0.955. The maximum Gasteiger partial charge on any atom is 0.163 e. The summed E-state index contributed by atoms with van der Waals surface area (Å²) in [7, 11) is 1.67. The van der Waals surface area contributed by atoms with E-state index in [0.29, 0.717) is 5.82 Å². The number of halogens is 3. The lowest BCUT2D eigenvalue weighted by molar-refractivity contribution is 0.415. The zero-order valence-electron chi connectivity index (χ0n) is 16.7. The summed E-state index contributed by atoms with van der Waals surface area (Å²) in [6.07, 6.45) is 4.46. The predicted octanol–water partition coefficient (Wildman–Crippen LogP) is 5.24. The van der Waals surface area contributed by atoms with Crippen LogP contribution < -0.4 is 15.4 Å². The number of methoxy groups -OCH3 is 1. The van der Waals surface area contributed by atoms with E-state index in [-0.39, 0.29) is 37.2 Å². The first-order valence-corrected chi connectivity index (χ1v) is 9.15. The summed E-state index contributed by atoms with van der Waals surface area (Å²) in [5.74, 6) is 2.30. The average molecular weight is 479 g/mol. The Labute approximate surface area is 199 Å². The number of anilines is 3. The Balaban J connectivity index is 0.00000114. The number of hydrogen-bond acceptors (Lipinski definition) is 6. The number of nitrogens with zero attached hydrogens (tertiary/aromatic N) is 4. The van der Waals surface area contributed by atoms with Crippen molar-refractivity contribution in [3.8, 4) is 17.1 Å². The fraction of sp³-hybridized carbons (Fsp3) is 0.136. The van der Waals surface area contributed by atoms with Crippen molar-refractivity contribution in [3.05, 3.63) is 66.5 Å². The quantitative estimate of drug-likeness (QED) is 0.406. The lowest BCUT2D eigenvalue weighted by Gasteiger charge is -2.21. The fourth-order valence-electron chi connectivity index (χ4n) is 3.69. The van der Waals surface area contributed by atoms with Crippen LogP contribution in [0, 0.1) is 0 Å². The van der Waals surface area contributed by atoms with Gasteiger partial charge in [-0.25, -0.2) is 9.97 Å². The molecule has 0 saturated heterocycles. The van der Waals surface area contributed by atoms with Gasteiger partial charge in [0.15, 0.2) is 5.82 Å². The standard InChI is InChI=1S/C22H19N5O.3ClH/c1-28-17-5-6-19-18(12-17)22(26-21(25-19)15-3-2-9-24-13-15)27-10-8-14-11-16(23)4-7-20(14)27;;;/h2-7,9,11-13H,8,10,23H2,1H3;3*1H. The zero-order chi connectivity index (χ0) is 19.1. The van der Waals surface area contributed by atoms with E-state index in [1.807, 2.05) is 42.5 Å². The number of pyridine rings is 1. The van der Waals surface area contributed by atoms with Crippen LogP contribution in [0.2, 0.25) is 0 Å². The molecule has 0 radical (unpaired) electrons. The molecule has 2 aromatic heterocycles. The van der Waals surface area contributed by atoms with Crippen LogP contribution in [0.3, 0.4) is 0 Å². The van der Waals surface area contributed by atoms with Gasteiger partial charge in [-0.15, -0.1) is 37.2 Å². The second-order valence-corrected chi connectivity index (χ2v) is 6.79. The second-order valence-electron chi connectivity index (χ2n) is 6.79. The minimum Gasteiger partial charge on any atom is -0.497 e. The Morgan fingerprint density at radius 1 is 1.00 bits per heavy atom. The Kier molecular flexibility index (Phi) is 7.90. The molecule has 162 valence electrons. The number of nitrogen functional groups attached to an aromatic ring is 1. The van der Waals surface area contributed by atoms with E-state index in [2.05, 4.69) is 16.0 Å². The Morgan fingerprint density at radius 3 is 2.58 bits per heavy atom. The molecule has 9 heteroatoms. The van der Waals surface area contributed by atoms with Crippen molar-refractivity contribution >= 4 is 65.3 Å². The summed E-state index contributed by atoms with van der Waals surface area (Å²) in [6.45, 7) is 0.842. The minimum atomic E-state index is 0. The number of nitrogens with two attached hydrogens (primary N) is 1. The molecular formula is C22H22Cl3N5O. The first-order valence-electron chi connectivity index (χ1n) is 9.15. The van der Waals surface area contributed by atoms with Gasteiger partial charge in [-0.1, -0.05) is 0 Å². The molecule has 0 amide bonds.